The van der Waals surface area contributed by atoms with Crippen molar-refractivity contribution < 1.29 is 52.5 Å². The molecule has 3 aromatic rings. The molecule has 0 radical (unpaired) electrons. The summed E-state index contributed by atoms with van der Waals surface area (Å²) in [5, 5.41) is 11.9. The lowest BCUT2D eigenvalue weighted by Gasteiger charge is -2.35. The van der Waals surface area contributed by atoms with E-state index in [1.54, 1.807) is 20.3 Å². The highest BCUT2D eigenvalue weighted by molar-refractivity contribution is 5.54. The predicted molar refractivity (Wildman–Crippen MR) is 144 cm³/mol. The van der Waals surface area contributed by atoms with Crippen LogP contribution in [0.5, 0.6) is 40.2 Å². The fourth-order valence-corrected chi connectivity index (χ4v) is 6.56. The number of ether oxygens (including phenoxy) is 10. The van der Waals surface area contributed by atoms with Crippen molar-refractivity contribution in [1.82, 2.24) is 0 Å². The van der Waals surface area contributed by atoms with Gasteiger partial charge in [-0.05, 0) is 35.9 Å². The number of hydrogen-bond acceptors (Lipinski definition) is 11. The summed E-state index contributed by atoms with van der Waals surface area (Å²) in [4.78, 5) is 0. The summed E-state index contributed by atoms with van der Waals surface area (Å²) >= 11 is 0. The second kappa shape index (κ2) is 9.84. The van der Waals surface area contributed by atoms with Gasteiger partial charge in [-0.2, -0.15) is 0 Å². The van der Waals surface area contributed by atoms with Crippen LogP contribution in [0.2, 0.25) is 0 Å². The molecule has 0 spiro atoms. The molecule has 0 aromatic heterocycles. The summed E-state index contributed by atoms with van der Waals surface area (Å²) in [6.45, 7) is 1.06. The smallest absolute Gasteiger partial charge is 0.231 e. The molecule has 5 heterocycles. The van der Waals surface area contributed by atoms with Crippen molar-refractivity contribution in [1.29, 1.82) is 0 Å². The molecule has 0 unspecified atom stereocenters. The molecule has 0 bridgehead atoms. The molecule has 2 saturated heterocycles. The number of hydrogen-bond donors (Lipinski definition) is 1. The van der Waals surface area contributed by atoms with Crippen molar-refractivity contribution in [2.24, 2.45) is 5.92 Å². The summed E-state index contributed by atoms with van der Waals surface area (Å²) in [5.41, 5.74) is 1.17. The summed E-state index contributed by atoms with van der Waals surface area (Å²) < 4.78 is 58.8. The maximum absolute atomic E-state index is 11.9. The molecule has 6 atom stereocenters. The van der Waals surface area contributed by atoms with Crippen molar-refractivity contribution in [3.8, 4) is 40.2 Å². The second-order valence-corrected chi connectivity index (χ2v) is 11.0. The fraction of sp³-hybridized carbons (Fsp3) is 0.419. The molecule has 5 aliphatic rings. The first-order valence-electron chi connectivity index (χ1n) is 13.8. The Morgan fingerprint density at radius 3 is 2.19 bits per heavy atom. The first-order valence-corrected chi connectivity index (χ1v) is 13.8. The van der Waals surface area contributed by atoms with Crippen LogP contribution >= 0.6 is 0 Å². The van der Waals surface area contributed by atoms with E-state index in [4.69, 9.17) is 47.4 Å². The van der Waals surface area contributed by atoms with Crippen LogP contribution in [0.4, 0.5) is 0 Å². The van der Waals surface area contributed by atoms with Crippen molar-refractivity contribution >= 4 is 0 Å². The minimum absolute atomic E-state index is 0.0948. The largest absolute Gasteiger partial charge is 0.496 e. The van der Waals surface area contributed by atoms with Gasteiger partial charge < -0.3 is 52.5 Å². The lowest BCUT2D eigenvalue weighted by molar-refractivity contribution is -0.0629. The van der Waals surface area contributed by atoms with Gasteiger partial charge in [-0.15, -0.1) is 0 Å². The van der Waals surface area contributed by atoms with Crippen LogP contribution < -0.4 is 33.2 Å². The third kappa shape index (κ3) is 3.95. The maximum atomic E-state index is 11.9. The molecule has 11 heteroatoms. The van der Waals surface area contributed by atoms with Gasteiger partial charge in [-0.25, -0.2) is 0 Å². The van der Waals surface area contributed by atoms with Gasteiger partial charge in [0.2, 0.25) is 13.6 Å². The molecule has 8 rings (SSSR count). The highest BCUT2D eigenvalue weighted by Crippen LogP contribution is 2.56. The molecule has 0 aliphatic carbocycles. The van der Waals surface area contributed by atoms with Gasteiger partial charge >= 0.3 is 0 Å². The van der Waals surface area contributed by atoms with E-state index < -0.39 is 30.0 Å². The third-order valence-electron chi connectivity index (χ3n) is 8.63. The van der Waals surface area contributed by atoms with Gasteiger partial charge in [-0.3, -0.25) is 0 Å². The molecular formula is C31H30O11. The lowest BCUT2D eigenvalue weighted by atomic mass is 9.80. The number of rotatable bonds is 6. The fourth-order valence-electron chi connectivity index (χ4n) is 6.56. The van der Waals surface area contributed by atoms with E-state index in [1.807, 2.05) is 42.5 Å². The van der Waals surface area contributed by atoms with Crippen molar-refractivity contribution in [2.75, 3.05) is 47.6 Å². The molecule has 3 aromatic carbocycles. The van der Waals surface area contributed by atoms with E-state index in [1.165, 1.54) is 0 Å². The highest BCUT2D eigenvalue weighted by Gasteiger charge is 2.60. The zero-order valence-corrected chi connectivity index (χ0v) is 23.1. The summed E-state index contributed by atoms with van der Waals surface area (Å²) in [6, 6.07) is 15.0. The average molecular weight is 579 g/mol. The van der Waals surface area contributed by atoms with Crippen LogP contribution in [0.1, 0.15) is 35.0 Å². The molecular weight excluding hydrogens is 548 g/mol. The third-order valence-corrected chi connectivity index (χ3v) is 8.63. The quantitative estimate of drug-likeness (QED) is 0.460. The molecule has 2 fully saturated rings. The molecule has 42 heavy (non-hydrogen) atoms. The average Bonchev–Trinajstić information content (AvgIpc) is 3.79. The highest BCUT2D eigenvalue weighted by atomic mass is 16.7. The van der Waals surface area contributed by atoms with Crippen LogP contribution in [-0.4, -0.2) is 64.4 Å². The van der Waals surface area contributed by atoms with E-state index in [9.17, 15) is 5.11 Å². The van der Waals surface area contributed by atoms with Crippen LogP contribution in [0.15, 0.2) is 48.5 Å². The first-order chi connectivity index (χ1) is 20.6. The maximum Gasteiger partial charge on any atom is 0.231 e. The monoisotopic (exact) mass is 578 g/mol. The zero-order valence-electron chi connectivity index (χ0n) is 23.1. The molecule has 5 aliphatic heterocycles. The zero-order chi connectivity index (χ0) is 28.4. The first kappa shape index (κ1) is 25.8. The van der Waals surface area contributed by atoms with Crippen LogP contribution in [0.25, 0.3) is 0 Å². The predicted octanol–water partition coefficient (Wildman–Crippen LogP) is 3.87. The molecule has 11 nitrogen and oxygen atoms in total. The number of methoxy groups -OCH3 is 2. The Bertz CT molecular complexity index is 1520. The van der Waals surface area contributed by atoms with E-state index in [-0.39, 0.29) is 26.1 Å². The van der Waals surface area contributed by atoms with Gasteiger partial charge in [0.25, 0.3) is 0 Å². The summed E-state index contributed by atoms with van der Waals surface area (Å²) in [6.07, 6.45) is -1.97. The van der Waals surface area contributed by atoms with Crippen molar-refractivity contribution in [3.63, 3.8) is 0 Å². The van der Waals surface area contributed by atoms with Crippen molar-refractivity contribution in [3.05, 3.63) is 65.2 Å². The Morgan fingerprint density at radius 2 is 1.45 bits per heavy atom. The SMILES string of the molecule is COC[C@H]1Oc2cc([C@H]3OC[C@@]4(O)[C@@H]3CO[C@H]4c3ccc4c(c3)OCO4)c(OC)cc2O[C@H]1c1ccc2c(c1)OCO2. The Hall–Kier alpha value is -3.90. The topological polar surface area (TPSA) is 113 Å². The Labute approximate surface area is 241 Å². The van der Waals surface area contributed by atoms with E-state index >= 15 is 0 Å². The molecule has 220 valence electrons. The van der Waals surface area contributed by atoms with Crippen molar-refractivity contribution in [2.45, 2.75) is 30.0 Å². The van der Waals surface area contributed by atoms with Crippen LogP contribution in [-0.2, 0) is 14.2 Å². The minimum atomic E-state index is -1.25. The van der Waals surface area contributed by atoms with Gasteiger partial charge in [0, 0.05) is 30.2 Å². The second-order valence-electron chi connectivity index (χ2n) is 11.0. The number of fused-ring (bicyclic) bond motifs is 4. The van der Waals surface area contributed by atoms with E-state index in [0.29, 0.717) is 53.5 Å². The Morgan fingerprint density at radius 1 is 0.762 bits per heavy atom. The van der Waals surface area contributed by atoms with Gasteiger partial charge in [0.15, 0.2) is 46.7 Å². The molecule has 1 N–H and O–H groups in total. The molecule has 0 amide bonds. The lowest BCUT2D eigenvalue weighted by Crippen LogP contribution is -2.39. The van der Waals surface area contributed by atoms with Gasteiger partial charge in [0.1, 0.15) is 17.5 Å². The number of aliphatic hydroxyl groups is 1. The van der Waals surface area contributed by atoms with Gasteiger partial charge in [0.05, 0.1) is 33.0 Å². The van der Waals surface area contributed by atoms with E-state index in [2.05, 4.69) is 0 Å². The Balaban J connectivity index is 1.09. The molecule has 0 saturated carbocycles. The normalized spacial score (nSPS) is 29.9. The minimum Gasteiger partial charge on any atom is -0.496 e. The van der Waals surface area contributed by atoms with Gasteiger partial charge in [-0.1, -0.05) is 12.1 Å². The number of benzene rings is 3. The Kier molecular flexibility index (Phi) is 6.04. The standard InChI is InChI=1S/C31H30O11/c1-33-12-27-28(16-3-5-20-23(7-16)39-14-37-20)42-26-10-22(34-2)18(9-25(26)41-27)29-19-11-35-30(31(19,32)13-36-29)17-4-6-21-24(8-17)40-15-38-21/h3-10,19,27-30,32H,11-15H2,1-2H3/t19-,27-,28+,29-,30+,31-/m1/s1. The summed E-state index contributed by atoms with van der Waals surface area (Å²) in [7, 11) is 3.22. The van der Waals surface area contributed by atoms with E-state index in [0.717, 1.165) is 16.7 Å². The van der Waals surface area contributed by atoms with Crippen LogP contribution in [0, 0.1) is 5.92 Å². The summed E-state index contributed by atoms with van der Waals surface area (Å²) in [5.74, 6) is 3.95. The van der Waals surface area contributed by atoms with Crippen LogP contribution in [0.3, 0.4) is 0 Å².